The van der Waals surface area contributed by atoms with Gasteiger partial charge in [0.15, 0.2) is 5.82 Å². The van der Waals surface area contributed by atoms with E-state index in [2.05, 4.69) is 29.3 Å². The van der Waals surface area contributed by atoms with Crippen molar-refractivity contribution in [3.63, 3.8) is 0 Å². The third kappa shape index (κ3) is 9.75. The molecule has 0 unspecified atom stereocenters. The normalized spacial score (nSPS) is 16.9. The molecule has 1 aliphatic carbocycles. The molecule has 1 N–H and O–H groups in total. The number of hydrogen-bond acceptors (Lipinski definition) is 6. The Balaban J connectivity index is 1.93. The lowest BCUT2D eigenvalue weighted by Gasteiger charge is -2.23. The first kappa shape index (κ1) is 23.8. The largest absolute Gasteiger partial charge is 0.460 e. The van der Waals surface area contributed by atoms with E-state index in [0.29, 0.717) is 30.6 Å². The number of rotatable bonds is 11. The van der Waals surface area contributed by atoms with E-state index >= 15 is 0 Å². The second-order valence-corrected chi connectivity index (χ2v) is 10.00. The lowest BCUT2D eigenvalue weighted by molar-refractivity contribution is -0.155. The predicted octanol–water partition coefficient (Wildman–Crippen LogP) is 5.38. The SMILES string of the molecule is CC(C)CNCc1noc([C@H](CCCC2CCCCC2)CC(=O)OC(C)(C)C)n1. The molecule has 0 radical (unpaired) electrons. The summed E-state index contributed by atoms with van der Waals surface area (Å²) in [6.45, 7) is 11.5. The molecule has 0 amide bonds. The Morgan fingerprint density at radius 3 is 2.62 bits per heavy atom. The van der Waals surface area contributed by atoms with Gasteiger partial charge in [-0.05, 0) is 45.6 Å². The van der Waals surface area contributed by atoms with Crippen molar-refractivity contribution < 1.29 is 14.1 Å². The zero-order chi connectivity index (χ0) is 21.3. The first-order valence-electron chi connectivity index (χ1n) is 11.5. The van der Waals surface area contributed by atoms with Gasteiger partial charge in [0.05, 0.1) is 13.0 Å². The van der Waals surface area contributed by atoms with Crippen LogP contribution >= 0.6 is 0 Å². The summed E-state index contributed by atoms with van der Waals surface area (Å²) in [5.74, 6) is 2.37. The zero-order valence-electron chi connectivity index (χ0n) is 19.1. The summed E-state index contributed by atoms with van der Waals surface area (Å²) in [7, 11) is 0. The second kappa shape index (κ2) is 11.7. The maximum Gasteiger partial charge on any atom is 0.307 e. The number of hydrogen-bond donors (Lipinski definition) is 1. The Kier molecular flexibility index (Phi) is 9.60. The van der Waals surface area contributed by atoms with Crippen molar-refractivity contribution in [1.82, 2.24) is 15.5 Å². The quantitative estimate of drug-likeness (QED) is 0.496. The van der Waals surface area contributed by atoms with Crippen LogP contribution in [-0.4, -0.2) is 28.3 Å². The van der Waals surface area contributed by atoms with E-state index in [9.17, 15) is 4.79 Å². The van der Waals surface area contributed by atoms with Gasteiger partial charge < -0.3 is 14.6 Å². The van der Waals surface area contributed by atoms with E-state index in [0.717, 1.165) is 25.3 Å². The summed E-state index contributed by atoms with van der Waals surface area (Å²) in [5, 5.41) is 7.45. The Bertz CT molecular complexity index is 601. The highest BCUT2D eigenvalue weighted by Crippen LogP contribution is 2.31. The highest BCUT2D eigenvalue weighted by molar-refractivity contribution is 5.70. The van der Waals surface area contributed by atoms with Gasteiger partial charge in [-0.3, -0.25) is 4.79 Å². The van der Waals surface area contributed by atoms with E-state index < -0.39 is 5.60 Å². The number of ether oxygens (including phenoxy) is 1. The van der Waals surface area contributed by atoms with Crippen molar-refractivity contribution >= 4 is 5.97 Å². The van der Waals surface area contributed by atoms with Crippen LogP contribution in [-0.2, 0) is 16.1 Å². The van der Waals surface area contributed by atoms with Gasteiger partial charge in [-0.1, -0.05) is 63.9 Å². The highest BCUT2D eigenvalue weighted by atomic mass is 16.6. The number of carbonyl (C=O) groups excluding carboxylic acids is 1. The lowest BCUT2D eigenvalue weighted by atomic mass is 9.84. The minimum absolute atomic E-state index is 0.0696. The number of aromatic nitrogens is 2. The first-order valence-corrected chi connectivity index (χ1v) is 11.5. The van der Waals surface area contributed by atoms with Crippen LogP contribution in [0.15, 0.2) is 4.52 Å². The van der Waals surface area contributed by atoms with E-state index in [1.807, 2.05) is 20.8 Å². The summed E-state index contributed by atoms with van der Waals surface area (Å²) >= 11 is 0. The van der Waals surface area contributed by atoms with Gasteiger partial charge >= 0.3 is 5.97 Å². The van der Waals surface area contributed by atoms with Gasteiger partial charge in [-0.2, -0.15) is 4.98 Å². The lowest BCUT2D eigenvalue weighted by Crippen LogP contribution is -2.25. The molecule has 1 heterocycles. The number of carbonyl (C=O) groups is 1. The van der Waals surface area contributed by atoms with Crippen molar-refractivity contribution in [2.45, 2.75) is 110 Å². The smallest absolute Gasteiger partial charge is 0.307 e. The van der Waals surface area contributed by atoms with E-state index in [-0.39, 0.29) is 11.9 Å². The number of nitrogens with one attached hydrogen (secondary N) is 1. The fourth-order valence-corrected chi connectivity index (χ4v) is 4.00. The van der Waals surface area contributed by atoms with Gasteiger partial charge in [0.2, 0.25) is 5.89 Å². The average molecular weight is 408 g/mol. The minimum Gasteiger partial charge on any atom is -0.460 e. The fourth-order valence-electron chi connectivity index (χ4n) is 4.00. The van der Waals surface area contributed by atoms with Gasteiger partial charge in [-0.25, -0.2) is 0 Å². The number of nitrogens with zero attached hydrogens (tertiary/aromatic N) is 2. The maximum absolute atomic E-state index is 12.4. The summed E-state index contributed by atoms with van der Waals surface area (Å²) in [5.41, 5.74) is -0.482. The molecule has 6 heteroatoms. The molecule has 0 aliphatic heterocycles. The van der Waals surface area contributed by atoms with Crippen LogP contribution in [0.2, 0.25) is 0 Å². The third-order valence-corrected chi connectivity index (χ3v) is 5.39. The average Bonchev–Trinajstić information content (AvgIpc) is 3.09. The molecule has 1 atom stereocenters. The standard InChI is InChI=1S/C23H41N3O3/c1-17(2)15-24-16-20-25-22(29-26-20)19(14-21(27)28-23(3,4)5)13-9-12-18-10-7-6-8-11-18/h17-19,24H,6-16H2,1-5H3/t19-/m1/s1. The van der Waals surface area contributed by atoms with Gasteiger partial charge in [0.1, 0.15) is 5.60 Å². The molecule has 1 aromatic rings. The number of esters is 1. The zero-order valence-corrected chi connectivity index (χ0v) is 19.1. The summed E-state index contributed by atoms with van der Waals surface area (Å²) in [6, 6.07) is 0. The van der Waals surface area contributed by atoms with Crippen LogP contribution in [0.1, 0.15) is 110 Å². The van der Waals surface area contributed by atoms with E-state index in [1.54, 1.807) is 0 Å². The molecule has 29 heavy (non-hydrogen) atoms. The van der Waals surface area contributed by atoms with Crippen LogP contribution in [0.25, 0.3) is 0 Å². The van der Waals surface area contributed by atoms with Crippen LogP contribution < -0.4 is 5.32 Å². The van der Waals surface area contributed by atoms with Crippen LogP contribution in [0, 0.1) is 11.8 Å². The van der Waals surface area contributed by atoms with E-state index in [1.165, 1.54) is 38.5 Å². The van der Waals surface area contributed by atoms with E-state index in [4.69, 9.17) is 9.26 Å². The Hall–Kier alpha value is -1.43. The molecule has 0 spiro atoms. The van der Waals surface area contributed by atoms with Crippen molar-refractivity contribution in [1.29, 1.82) is 0 Å². The van der Waals surface area contributed by atoms with Gasteiger partial charge in [0, 0.05) is 5.92 Å². The fraction of sp³-hybridized carbons (Fsp3) is 0.870. The van der Waals surface area contributed by atoms with Gasteiger partial charge in [0.25, 0.3) is 0 Å². The summed E-state index contributed by atoms with van der Waals surface area (Å²) in [4.78, 5) is 17.0. The van der Waals surface area contributed by atoms with Crippen molar-refractivity contribution in [3.8, 4) is 0 Å². The molecule has 1 aliphatic rings. The molecule has 1 fully saturated rings. The van der Waals surface area contributed by atoms with Crippen molar-refractivity contribution in [2.75, 3.05) is 6.54 Å². The van der Waals surface area contributed by atoms with Crippen molar-refractivity contribution in [3.05, 3.63) is 11.7 Å². The minimum atomic E-state index is -0.482. The van der Waals surface area contributed by atoms with Crippen LogP contribution in [0.3, 0.4) is 0 Å². The molecular formula is C23H41N3O3. The molecule has 1 saturated carbocycles. The highest BCUT2D eigenvalue weighted by Gasteiger charge is 2.26. The molecular weight excluding hydrogens is 366 g/mol. The molecule has 0 bridgehead atoms. The molecule has 1 aromatic heterocycles. The second-order valence-electron chi connectivity index (χ2n) is 10.00. The third-order valence-electron chi connectivity index (χ3n) is 5.39. The first-order chi connectivity index (χ1) is 13.7. The Morgan fingerprint density at radius 2 is 1.97 bits per heavy atom. The van der Waals surface area contributed by atoms with Crippen LogP contribution in [0.4, 0.5) is 0 Å². The van der Waals surface area contributed by atoms with Crippen LogP contribution in [0.5, 0.6) is 0 Å². The molecule has 0 saturated heterocycles. The predicted molar refractivity (Wildman–Crippen MR) is 114 cm³/mol. The summed E-state index contributed by atoms with van der Waals surface area (Å²) < 4.78 is 11.1. The van der Waals surface area contributed by atoms with Crippen molar-refractivity contribution in [2.24, 2.45) is 11.8 Å². The molecule has 2 rings (SSSR count). The Labute approximate surface area is 176 Å². The summed E-state index contributed by atoms with van der Waals surface area (Å²) in [6.07, 6.45) is 10.3. The van der Waals surface area contributed by atoms with Gasteiger partial charge in [-0.15, -0.1) is 0 Å². The molecule has 166 valence electrons. The maximum atomic E-state index is 12.4. The topological polar surface area (TPSA) is 77.2 Å². The molecule has 6 nitrogen and oxygen atoms in total. The molecule has 0 aromatic carbocycles. The Morgan fingerprint density at radius 1 is 1.24 bits per heavy atom. The monoisotopic (exact) mass is 407 g/mol.